The van der Waals surface area contributed by atoms with Crippen molar-refractivity contribution in [2.24, 2.45) is 5.92 Å². The van der Waals surface area contributed by atoms with Crippen molar-refractivity contribution >= 4 is 0 Å². The monoisotopic (exact) mass is 205 g/mol. The van der Waals surface area contributed by atoms with E-state index >= 15 is 0 Å². The minimum atomic E-state index is 0.396. The molecule has 82 valence electrons. The van der Waals surface area contributed by atoms with E-state index in [9.17, 15) is 0 Å². The van der Waals surface area contributed by atoms with E-state index in [1.807, 2.05) is 0 Å². The molecule has 2 heteroatoms. The Hall–Kier alpha value is -0.860. The van der Waals surface area contributed by atoms with E-state index in [0.717, 1.165) is 19.5 Å². The highest BCUT2D eigenvalue weighted by molar-refractivity contribution is 5.15. The Kier molecular flexibility index (Phi) is 3.75. The van der Waals surface area contributed by atoms with Gasteiger partial charge in [-0.1, -0.05) is 30.3 Å². The minimum Gasteiger partial charge on any atom is -0.380 e. The zero-order chi connectivity index (χ0) is 10.5. The third-order valence-corrected chi connectivity index (χ3v) is 3.10. The standard InChI is InChI=1S/C13H19NO/c1-15-13-8-12(9-14-10-13)7-11-5-3-2-4-6-11/h2-6,12-14H,7-10H2,1H3/t12-,13+/m0/s1. The Morgan fingerprint density at radius 2 is 2.07 bits per heavy atom. The van der Waals surface area contributed by atoms with Crippen LogP contribution in [0.5, 0.6) is 0 Å². The first kappa shape index (κ1) is 10.7. The quantitative estimate of drug-likeness (QED) is 0.813. The first-order valence-corrected chi connectivity index (χ1v) is 5.66. The van der Waals surface area contributed by atoms with Gasteiger partial charge >= 0.3 is 0 Å². The molecule has 0 spiro atoms. The van der Waals surface area contributed by atoms with E-state index in [0.29, 0.717) is 12.0 Å². The Bertz CT molecular complexity index is 286. The summed E-state index contributed by atoms with van der Waals surface area (Å²) in [4.78, 5) is 0. The van der Waals surface area contributed by atoms with Crippen molar-refractivity contribution in [2.45, 2.75) is 18.9 Å². The summed E-state index contributed by atoms with van der Waals surface area (Å²) in [5.74, 6) is 0.714. The second-order valence-corrected chi connectivity index (χ2v) is 4.31. The molecule has 1 saturated heterocycles. The number of ether oxygens (including phenoxy) is 1. The molecular weight excluding hydrogens is 186 g/mol. The third kappa shape index (κ3) is 3.05. The van der Waals surface area contributed by atoms with Gasteiger partial charge in [0.05, 0.1) is 6.10 Å². The molecule has 0 aliphatic carbocycles. The molecule has 15 heavy (non-hydrogen) atoms. The maximum atomic E-state index is 5.40. The second-order valence-electron chi connectivity index (χ2n) is 4.31. The van der Waals surface area contributed by atoms with Gasteiger partial charge in [-0.3, -0.25) is 0 Å². The predicted octanol–water partition coefficient (Wildman–Crippen LogP) is 1.85. The van der Waals surface area contributed by atoms with Crippen LogP contribution in [0.3, 0.4) is 0 Å². The van der Waals surface area contributed by atoms with Crippen LogP contribution in [0.25, 0.3) is 0 Å². The summed E-state index contributed by atoms with van der Waals surface area (Å²) in [5.41, 5.74) is 1.43. The van der Waals surface area contributed by atoms with Gasteiger partial charge in [-0.2, -0.15) is 0 Å². The number of methoxy groups -OCH3 is 1. The van der Waals surface area contributed by atoms with Gasteiger partial charge in [0.1, 0.15) is 0 Å². The molecule has 2 atom stereocenters. The van der Waals surface area contributed by atoms with Gasteiger partial charge in [0, 0.05) is 13.7 Å². The summed E-state index contributed by atoms with van der Waals surface area (Å²) >= 11 is 0. The van der Waals surface area contributed by atoms with Gasteiger partial charge < -0.3 is 10.1 Å². The third-order valence-electron chi connectivity index (χ3n) is 3.10. The van der Waals surface area contributed by atoms with Crippen molar-refractivity contribution in [1.82, 2.24) is 5.32 Å². The zero-order valence-electron chi connectivity index (χ0n) is 9.28. The lowest BCUT2D eigenvalue weighted by atomic mass is 9.91. The average molecular weight is 205 g/mol. The van der Waals surface area contributed by atoms with Gasteiger partial charge in [-0.05, 0) is 30.9 Å². The van der Waals surface area contributed by atoms with E-state index in [-0.39, 0.29) is 0 Å². The van der Waals surface area contributed by atoms with Crippen LogP contribution in [0, 0.1) is 5.92 Å². The number of nitrogens with one attached hydrogen (secondary N) is 1. The summed E-state index contributed by atoms with van der Waals surface area (Å²) in [5, 5.41) is 3.43. The average Bonchev–Trinajstić information content (AvgIpc) is 2.31. The van der Waals surface area contributed by atoms with Crippen molar-refractivity contribution in [3.63, 3.8) is 0 Å². The molecule has 1 heterocycles. The lowest BCUT2D eigenvalue weighted by Crippen LogP contribution is -2.41. The highest BCUT2D eigenvalue weighted by atomic mass is 16.5. The molecule has 0 aromatic heterocycles. The number of hydrogen-bond acceptors (Lipinski definition) is 2. The normalized spacial score (nSPS) is 26.5. The van der Waals surface area contributed by atoms with Gasteiger partial charge in [-0.25, -0.2) is 0 Å². The molecular formula is C13H19NO. The molecule has 0 bridgehead atoms. The second kappa shape index (κ2) is 5.29. The van der Waals surface area contributed by atoms with Crippen molar-refractivity contribution in [1.29, 1.82) is 0 Å². The summed E-state index contributed by atoms with van der Waals surface area (Å²) in [6, 6.07) is 10.7. The van der Waals surface area contributed by atoms with Gasteiger partial charge in [0.15, 0.2) is 0 Å². The first-order chi connectivity index (χ1) is 7.38. The smallest absolute Gasteiger partial charge is 0.0698 e. The first-order valence-electron chi connectivity index (χ1n) is 5.66. The minimum absolute atomic E-state index is 0.396. The van der Waals surface area contributed by atoms with Crippen LogP contribution in [-0.4, -0.2) is 26.3 Å². The molecule has 0 saturated carbocycles. The summed E-state index contributed by atoms with van der Waals surface area (Å²) < 4.78 is 5.40. The molecule has 1 N–H and O–H groups in total. The largest absolute Gasteiger partial charge is 0.380 e. The Morgan fingerprint density at radius 3 is 2.80 bits per heavy atom. The Morgan fingerprint density at radius 1 is 1.27 bits per heavy atom. The molecule has 1 aromatic rings. The topological polar surface area (TPSA) is 21.3 Å². The predicted molar refractivity (Wildman–Crippen MR) is 61.9 cm³/mol. The fourth-order valence-electron chi connectivity index (χ4n) is 2.27. The lowest BCUT2D eigenvalue weighted by molar-refractivity contribution is 0.0617. The molecule has 0 amide bonds. The fraction of sp³-hybridized carbons (Fsp3) is 0.538. The molecule has 0 radical (unpaired) electrons. The Balaban J connectivity index is 1.89. The molecule has 2 nitrogen and oxygen atoms in total. The van der Waals surface area contributed by atoms with Crippen molar-refractivity contribution in [3.8, 4) is 0 Å². The number of benzene rings is 1. The molecule has 1 fully saturated rings. The zero-order valence-corrected chi connectivity index (χ0v) is 9.28. The summed E-state index contributed by atoms with van der Waals surface area (Å²) in [7, 11) is 1.80. The van der Waals surface area contributed by atoms with E-state index in [2.05, 4.69) is 35.6 Å². The van der Waals surface area contributed by atoms with Gasteiger partial charge in [-0.15, -0.1) is 0 Å². The highest BCUT2D eigenvalue weighted by Gasteiger charge is 2.21. The van der Waals surface area contributed by atoms with Crippen LogP contribution in [0.4, 0.5) is 0 Å². The SMILES string of the molecule is CO[C@H]1CNC[C@@H](Cc2ccccc2)C1. The maximum Gasteiger partial charge on any atom is 0.0698 e. The van der Waals surface area contributed by atoms with Crippen molar-refractivity contribution in [2.75, 3.05) is 20.2 Å². The molecule has 1 aliphatic rings. The number of piperidine rings is 1. The van der Waals surface area contributed by atoms with Crippen LogP contribution >= 0.6 is 0 Å². The van der Waals surface area contributed by atoms with Crippen molar-refractivity contribution < 1.29 is 4.74 Å². The van der Waals surface area contributed by atoms with Crippen LogP contribution in [-0.2, 0) is 11.2 Å². The highest BCUT2D eigenvalue weighted by Crippen LogP contribution is 2.17. The number of rotatable bonds is 3. The maximum absolute atomic E-state index is 5.40. The fourth-order valence-corrected chi connectivity index (χ4v) is 2.27. The van der Waals surface area contributed by atoms with Crippen molar-refractivity contribution in [3.05, 3.63) is 35.9 Å². The van der Waals surface area contributed by atoms with Crippen LogP contribution in [0.15, 0.2) is 30.3 Å². The van der Waals surface area contributed by atoms with E-state index in [4.69, 9.17) is 4.74 Å². The Labute approximate surface area is 91.6 Å². The number of hydrogen-bond donors (Lipinski definition) is 1. The molecule has 1 aromatic carbocycles. The van der Waals surface area contributed by atoms with Crippen LogP contribution in [0.1, 0.15) is 12.0 Å². The van der Waals surface area contributed by atoms with Gasteiger partial charge in [0.25, 0.3) is 0 Å². The van der Waals surface area contributed by atoms with Gasteiger partial charge in [0.2, 0.25) is 0 Å². The summed E-state index contributed by atoms with van der Waals surface area (Å²) in [6.07, 6.45) is 2.74. The van der Waals surface area contributed by atoms with Crippen LogP contribution < -0.4 is 5.32 Å². The molecule has 2 rings (SSSR count). The van der Waals surface area contributed by atoms with Crippen LogP contribution in [0.2, 0.25) is 0 Å². The lowest BCUT2D eigenvalue weighted by Gasteiger charge is -2.29. The van der Waals surface area contributed by atoms with E-state index in [1.54, 1.807) is 7.11 Å². The summed E-state index contributed by atoms with van der Waals surface area (Å²) in [6.45, 7) is 2.12. The van der Waals surface area contributed by atoms with E-state index in [1.165, 1.54) is 12.0 Å². The molecule has 1 aliphatic heterocycles. The molecule has 0 unspecified atom stereocenters. The van der Waals surface area contributed by atoms with E-state index < -0.39 is 0 Å².